The summed E-state index contributed by atoms with van der Waals surface area (Å²) < 4.78 is 0. The smallest absolute Gasteiger partial charge is 0.191 e. The lowest BCUT2D eigenvalue weighted by atomic mass is 10.1. The van der Waals surface area contributed by atoms with Crippen LogP contribution < -0.4 is 10.6 Å². The second-order valence-electron chi connectivity index (χ2n) is 5.20. The van der Waals surface area contributed by atoms with E-state index in [1.54, 1.807) is 0 Å². The normalized spacial score (nSPS) is 15.8. The molecule has 0 fully saturated rings. The second kappa shape index (κ2) is 9.18. The zero-order valence-corrected chi connectivity index (χ0v) is 14.6. The van der Waals surface area contributed by atoms with Crippen LogP contribution in [0.1, 0.15) is 12.0 Å². The third kappa shape index (κ3) is 5.66. The van der Waals surface area contributed by atoms with Crippen molar-refractivity contribution < 1.29 is 0 Å². The number of hydrogen-bond donors (Lipinski definition) is 2. The largest absolute Gasteiger partial charge is 0.356 e. The highest BCUT2D eigenvalue weighted by Gasteiger charge is 2.13. The van der Waals surface area contributed by atoms with Crippen molar-refractivity contribution in [3.63, 3.8) is 0 Å². The van der Waals surface area contributed by atoms with Gasteiger partial charge in [-0.3, -0.25) is 4.99 Å². The topological polar surface area (TPSA) is 39.7 Å². The van der Waals surface area contributed by atoms with Crippen molar-refractivity contribution in [1.29, 1.82) is 0 Å². The molecule has 4 nitrogen and oxygen atoms in total. The number of nitrogens with zero attached hydrogens (tertiary/aromatic N) is 2. The van der Waals surface area contributed by atoms with E-state index in [-0.39, 0.29) is 24.0 Å². The molecule has 0 bridgehead atoms. The first-order chi connectivity index (χ1) is 9.25. The van der Waals surface area contributed by atoms with Gasteiger partial charge in [-0.05, 0) is 32.5 Å². The van der Waals surface area contributed by atoms with E-state index in [9.17, 15) is 0 Å². The lowest BCUT2D eigenvalue weighted by molar-refractivity contribution is 0.290. The predicted octanol–water partition coefficient (Wildman–Crippen LogP) is 1.72. The average molecular weight is 388 g/mol. The molecule has 1 aliphatic heterocycles. The van der Waals surface area contributed by atoms with Gasteiger partial charge in [0.2, 0.25) is 0 Å². The summed E-state index contributed by atoms with van der Waals surface area (Å²) in [5.74, 6) is 0.950. The fraction of sp³-hybridized carbons (Fsp3) is 0.533. The van der Waals surface area contributed by atoms with Crippen LogP contribution in [0, 0.1) is 0 Å². The minimum Gasteiger partial charge on any atom is -0.356 e. The van der Waals surface area contributed by atoms with E-state index in [0.717, 1.165) is 38.4 Å². The molecule has 5 heteroatoms. The molecule has 1 heterocycles. The Morgan fingerprint density at radius 3 is 2.65 bits per heavy atom. The maximum atomic E-state index is 4.44. The van der Waals surface area contributed by atoms with Gasteiger partial charge in [0, 0.05) is 25.7 Å². The van der Waals surface area contributed by atoms with Crippen LogP contribution in [-0.4, -0.2) is 50.6 Å². The van der Waals surface area contributed by atoms with E-state index in [2.05, 4.69) is 65.0 Å². The van der Waals surface area contributed by atoms with Crippen LogP contribution in [-0.2, 0) is 6.42 Å². The van der Waals surface area contributed by atoms with E-state index in [0.29, 0.717) is 6.04 Å². The highest BCUT2D eigenvalue weighted by Crippen LogP contribution is 2.06. The first-order valence-electron chi connectivity index (χ1n) is 6.98. The van der Waals surface area contributed by atoms with E-state index in [4.69, 9.17) is 0 Å². The maximum Gasteiger partial charge on any atom is 0.191 e. The molecule has 0 saturated carbocycles. The Hall–Kier alpha value is -0.820. The van der Waals surface area contributed by atoms with Crippen LogP contribution in [0.25, 0.3) is 0 Å². The van der Waals surface area contributed by atoms with Crippen molar-refractivity contribution >= 4 is 29.9 Å². The molecule has 112 valence electrons. The summed E-state index contributed by atoms with van der Waals surface area (Å²) in [5.41, 5.74) is 1.38. The van der Waals surface area contributed by atoms with Crippen LogP contribution in [0.2, 0.25) is 0 Å². The average Bonchev–Trinajstić information content (AvgIpc) is 2.45. The fourth-order valence-electron chi connectivity index (χ4n) is 2.19. The molecule has 1 atom stereocenters. The summed E-state index contributed by atoms with van der Waals surface area (Å²) in [7, 11) is 4.26. The highest BCUT2D eigenvalue weighted by atomic mass is 127. The molecule has 20 heavy (non-hydrogen) atoms. The molecule has 0 spiro atoms. The molecule has 0 amide bonds. The van der Waals surface area contributed by atoms with Crippen molar-refractivity contribution in [2.45, 2.75) is 18.9 Å². The first kappa shape index (κ1) is 17.2. The van der Waals surface area contributed by atoms with Crippen LogP contribution >= 0.6 is 24.0 Å². The Morgan fingerprint density at radius 2 is 2.05 bits per heavy atom. The Balaban J connectivity index is 0.00000200. The Kier molecular flexibility index (Phi) is 7.91. The monoisotopic (exact) mass is 388 g/mol. The molecule has 1 aliphatic rings. The van der Waals surface area contributed by atoms with Crippen molar-refractivity contribution in [1.82, 2.24) is 15.5 Å². The lowest BCUT2D eigenvalue weighted by Crippen LogP contribution is -2.47. The summed E-state index contributed by atoms with van der Waals surface area (Å²) in [4.78, 5) is 6.71. The van der Waals surface area contributed by atoms with E-state index in [1.165, 1.54) is 5.56 Å². The standard InChI is InChI=1S/C15H24N4.HI/c1-19(2)14(11-13-7-4-3-5-8-13)12-18-15-16-9-6-10-17-15;/h3-5,7-8,14H,6,9-12H2,1-2H3,(H2,16,17,18);1H. The van der Waals surface area contributed by atoms with Crippen molar-refractivity contribution in [3.05, 3.63) is 35.9 Å². The molecule has 0 aromatic heterocycles. The summed E-state index contributed by atoms with van der Waals surface area (Å²) in [6.45, 7) is 2.87. The molecule has 0 radical (unpaired) electrons. The number of hydrogen-bond acceptors (Lipinski definition) is 4. The molecular formula is C15H25IN4. The van der Waals surface area contributed by atoms with Crippen molar-refractivity contribution in [2.75, 3.05) is 33.7 Å². The summed E-state index contributed by atoms with van der Waals surface area (Å²) >= 11 is 0. The van der Waals surface area contributed by atoms with E-state index < -0.39 is 0 Å². The Bertz CT molecular complexity index is 406. The Labute approximate surface area is 139 Å². The number of aliphatic imine (C=N–C) groups is 1. The molecule has 2 rings (SSSR count). The fourth-order valence-corrected chi connectivity index (χ4v) is 2.19. The van der Waals surface area contributed by atoms with Crippen LogP contribution in [0.15, 0.2) is 35.3 Å². The SMILES string of the molecule is CN(C)C(CNC1=NCCCN1)Cc1ccccc1.I. The number of benzene rings is 1. The van der Waals surface area contributed by atoms with Gasteiger partial charge in [0.05, 0.1) is 0 Å². The number of rotatable bonds is 5. The van der Waals surface area contributed by atoms with Crippen LogP contribution in [0.4, 0.5) is 0 Å². The van der Waals surface area contributed by atoms with Crippen molar-refractivity contribution in [3.8, 4) is 0 Å². The van der Waals surface area contributed by atoms with Gasteiger partial charge in [-0.15, -0.1) is 24.0 Å². The third-order valence-electron chi connectivity index (χ3n) is 3.45. The van der Waals surface area contributed by atoms with Gasteiger partial charge in [0.25, 0.3) is 0 Å². The molecule has 1 aromatic rings. The maximum absolute atomic E-state index is 4.44. The predicted molar refractivity (Wildman–Crippen MR) is 96.0 cm³/mol. The zero-order chi connectivity index (χ0) is 13.5. The molecule has 1 unspecified atom stereocenters. The number of likely N-dealkylation sites (N-methyl/N-ethyl adjacent to an activating group) is 1. The van der Waals surface area contributed by atoms with Gasteiger partial charge in [-0.1, -0.05) is 30.3 Å². The summed E-state index contributed by atoms with van der Waals surface area (Å²) in [5, 5.41) is 6.72. The van der Waals surface area contributed by atoms with Gasteiger partial charge < -0.3 is 15.5 Å². The molecule has 0 aliphatic carbocycles. The van der Waals surface area contributed by atoms with Gasteiger partial charge in [-0.25, -0.2) is 0 Å². The summed E-state index contributed by atoms with van der Waals surface area (Å²) in [6, 6.07) is 11.1. The van der Waals surface area contributed by atoms with Crippen molar-refractivity contribution in [2.24, 2.45) is 4.99 Å². The van der Waals surface area contributed by atoms with E-state index in [1.807, 2.05) is 0 Å². The summed E-state index contributed by atoms with van der Waals surface area (Å²) in [6.07, 6.45) is 2.18. The van der Waals surface area contributed by atoms with Gasteiger partial charge >= 0.3 is 0 Å². The van der Waals surface area contributed by atoms with Crippen LogP contribution in [0.3, 0.4) is 0 Å². The van der Waals surface area contributed by atoms with Gasteiger partial charge in [0.15, 0.2) is 5.96 Å². The van der Waals surface area contributed by atoms with Gasteiger partial charge in [-0.2, -0.15) is 0 Å². The second-order valence-corrected chi connectivity index (χ2v) is 5.20. The molecule has 1 aromatic carbocycles. The minimum atomic E-state index is 0. The van der Waals surface area contributed by atoms with Crippen LogP contribution in [0.5, 0.6) is 0 Å². The number of guanidine groups is 1. The highest BCUT2D eigenvalue weighted by molar-refractivity contribution is 14.0. The number of halogens is 1. The first-order valence-corrected chi connectivity index (χ1v) is 6.98. The molecular weight excluding hydrogens is 363 g/mol. The molecule has 2 N–H and O–H groups in total. The third-order valence-corrected chi connectivity index (χ3v) is 3.45. The quantitative estimate of drug-likeness (QED) is 0.755. The minimum absolute atomic E-state index is 0. The van der Waals surface area contributed by atoms with E-state index >= 15 is 0 Å². The zero-order valence-electron chi connectivity index (χ0n) is 12.3. The molecule has 0 saturated heterocycles. The Morgan fingerprint density at radius 1 is 1.30 bits per heavy atom. The number of nitrogens with one attached hydrogen (secondary N) is 2. The lowest BCUT2D eigenvalue weighted by Gasteiger charge is -2.26. The van der Waals surface area contributed by atoms with Gasteiger partial charge in [0.1, 0.15) is 0 Å².